The van der Waals surface area contributed by atoms with E-state index in [1.165, 1.54) is 12.1 Å². The summed E-state index contributed by atoms with van der Waals surface area (Å²) in [6, 6.07) is 3.29. The van der Waals surface area contributed by atoms with Gasteiger partial charge in [0.05, 0.1) is 0 Å². The zero-order valence-corrected chi connectivity index (χ0v) is 9.22. The summed E-state index contributed by atoms with van der Waals surface area (Å²) < 4.78 is 25.8. The molecule has 2 nitrogen and oxygen atoms in total. The fourth-order valence-corrected chi connectivity index (χ4v) is 1.43. The maximum Gasteiger partial charge on any atom is 0.137 e. The van der Waals surface area contributed by atoms with Crippen LogP contribution in [0.4, 0.5) is 8.78 Å². The van der Waals surface area contributed by atoms with E-state index in [4.69, 9.17) is 0 Å². The number of halogens is 2. The highest BCUT2D eigenvalue weighted by Crippen LogP contribution is 2.11. The first-order valence-corrected chi connectivity index (χ1v) is 5.23. The summed E-state index contributed by atoms with van der Waals surface area (Å²) in [7, 11) is 1.81. The first kappa shape index (κ1) is 12.8. The van der Waals surface area contributed by atoms with Gasteiger partial charge in [0.15, 0.2) is 0 Å². The number of carbonyl (C=O) groups excluding carboxylic acids is 1. The molecule has 0 aliphatic heterocycles. The zero-order valence-electron chi connectivity index (χ0n) is 9.22. The highest BCUT2D eigenvalue weighted by atomic mass is 19.1. The molecule has 0 bridgehead atoms. The average molecular weight is 227 g/mol. The number of nitrogens with one attached hydrogen (secondary N) is 1. The molecule has 0 aliphatic rings. The van der Waals surface area contributed by atoms with E-state index in [-0.39, 0.29) is 17.8 Å². The Balaban J connectivity index is 2.49. The van der Waals surface area contributed by atoms with Crippen LogP contribution < -0.4 is 5.32 Å². The summed E-state index contributed by atoms with van der Waals surface area (Å²) in [6.45, 7) is 0.762. The van der Waals surface area contributed by atoms with Gasteiger partial charge in [0.2, 0.25) is 0 Å². The molecule has 0 spiro atoms. The van der Waals surface area contributed by atoms with Crippen LogP contribution in [-0.2, 0) is 11.2 Å². The Morgan fingerprint density at radius 1 is 1.38 bits per heavy atom. The molecule has 0 saturated heterocycles. The van der Waals surface area contributed by atoms with Gasteiger partial charge >= 0.3 is 0 Å². The molecule has 0 aromatic heterocycles. The van der Waals surface area contributed by atoms with Gasteiger partial charge in [-0.05, 0) is 31.6 Å². The lowest BCUT2D eigenvalue weighted by Gasteiger charge is -2.03. The van der Waals surface area contributed by atoms with Gasteiger partial charge < -0.3 is 5.32 Å². The van der Waals surface area contributed by atoms with Gasteiger partial charge in [-0.25, -0.2) is 8.78 Å². The Bertz CT molecular complexity index is 366. The Labute approximate surface area is 93.7 Å². The van der Waals surface area contributed by atoms with E-state index in [9.17, 15) is 13.6 Å². The minimum Gasteiger partial charge on any atom is -0.320 e. The monoisotopic (exact) mass is 227 g/mol. The Hall–Kier alpha value is -1.29. The molecule has 1 rings (SSSR count). The van der Waals surface area contributed by atoms with E-state index in [0.717, 1.165) is 19.0 Å². The van der Waals surface area contributed by atoms with Crippen molar-refractivity contribution in [3.05, 3.63) is 35.4 Å². The lowest BCUT2D eigenvalue weighted by molar-refractivity contribution is -0.118. The quantitative estimate of drug-likeness (QED) is 0.754. The van der Waals surface area contributed by atoms with E-state index in [2.05, 4.69) is 5.32 Å². The van der Waals surface area contributed by atoms with Crippen LogP contribution >= 0.6 is 0 Å². The van der Waals surface area contributed by atoms with Crippen molar-refractivity contribution in [3.63, 3.8) is 0 Å². The molecule has 16 heavy (non-hydrogen) atoms. The van der Waals surface area contributed by atoms with Crippen LogP contribution in [0.3, 0.4) is 0 Å². The molecular formula is C12H15F2NO. The van der Waals surface area contributed by atoms with Crippen LogP contribution in [0.1, 0.15) is 18.4 Å². The molecule has 88 valence electrons. The summed E-state index contributed by atoms with van der Waals surface area (Å²) in [5.41, 5.74) is 0.260. The Morgan fingerprint density at radius 3 is 2.75 bits per heavy atom. The van der Waals surface area contributed by atoms with Crippen molar-refractivity contribution in [3.8, 4) is 0 Å². The second kappa shape index (κ2) is 6.33. The number of hydrogen-bond acceptors (Lipinski definition) is 2. The summed E-state index contributed by atoms with van der Waals surface area (Å²) in [5.74, 6) is -1.30. The van der Waals surface area contributed by atoms with Crippen molar-refractivity contribution in [2.24, 2.45) is 0 Å². The molecule has 0 radical (unpaired) electrons. The molecular weight excluding hydrogens is 212 g/mol. The maximum atomic E-state index is 13.2. The second-order valence-electron chi connectivity index (χ2n) is 3.66. The highest BCUT2D eigenvalue weighted by Gasteiger charge is 2.08. The SMILES string of the molecule is CNCCCC(=O)Cc1ccc(F)cc1F. The summed E-state index contributed by atoms with van der Waals surface area (Å²) in [5, 5.41) is 2.93. The number of Topliss-reactive ketones (excluding diaryl/α,β-unsaturated/α-hetero) is 1. The molecule has 1 aromatic carbocycles. The first-order chi connectivity index (χ1) is 7.63. The molecule has 1 N–H and O–H groups in total. The van der Waals surface area contributed by atoms with Crippen LogP contribution in [0.25, 0.3) is 0 Å². The lowest BCUT2D eigenvalue weighted by atomic mass is 10.1. The van der Waals surface area contributed by atoms with E-state index < -0.39 is 11.6 Å². The third kappa shape index (κ3) is 4.06. The molecule has 0 atom stereocenters. The fraction of sp³-hybridized carbons (Fsp3) is 0.417. The molecule has 0 heterocycles. The summed E-state index contributed by atoms with van der Waals surface area (Å²) in [4.78, 5) is 11.4. The third-order valence-electron chi connectivity index (χ3n) is 2.29. The van der Waals surface area contributed by atoms with Crippen molar-refractivity contribution in [2.75, 3.05) is 13.6 Å². The van der Waals surface area contributed by atoms with Crippen LogP contribution in [0.2, 0.25) is 0 Å². The van der Waals surface area contributed by atoms with Gasteiger partial charge in [0.1, 0.15) is 17.4 Å². The molecule has 4 heteroatoms. The van der Waals surface area contributed by atoms with Gasteiger partial charge in [-0.2, -0.15) is 0 Å². The predicted octanol–water partition coefficient (Wildman–Crippen LogP) is 2.08. The Morgan fingerprint density at radius 2 is 2.12 bits per heavy atom. The number of rotatable bonds is 6. The van der Waals surface area contributed by atoms with E-state index in [1.54, 1.807) is 0 Å². The average Bonchev–Trinajstić information content (AvgIpc) is 2.23. The number of ketones is 1. The van der Waals surface area contributed by atoms with Gasteiger partial charge in [0.25, 0.3) is 0 Å². The predicted molar refractivity (Wildman–Crippen MR) is 58.2 cm³/mol. The first-order valence-electron chi connectivity index (χ1n) is 5.23. The molecule has 1 aromatic rings. The minimum absolute atomic E-state index is 0.0271. The molecule has 0 saturated carbocycles. The lowest BCUT2D eigenvalue weighted by Crippen LogP contribution is -2.11. The summed E-state index contributed by atoms with van der Waals surface area (Å²) >= 11 is 0. The summed E-state index contributed by atoms with van der Waals surface area (Å²) in [6.07, 6.45) is 1.19. The number of hydrogen-bond donors (Lipinski definition) is 1. The molecule has 0 aliphatic carbocycles. The van der Waals surface area contributed by atoms with Gasteiger partial charge in [0, 0.05) is 18.9 Å². The third-order valence-corrected chi connectivity index (χ3v) is 2.29. The van der Waals surface area contributed by atoms with Crippen LogP contribution in [0.15, 0.2) is 18.2 Å². The smallest absolute Gasteiger partial charge is 0.137 e. The topological polar surface area (TPSA) is 29.1 Å². The van der Waals surface area contributed by atoms with E-state index in [1.807, 2.05) is 7.05 Å². The van der Waals surface area contributed by atoms with Crippen molar-refractivity contribution < 1.29 is 13.6 Å². The minimum atomic E-state index is -0.651. The molecule has 0 fully saturated rings. The Kier molecular flexibility index (Phi) is 5.05. The largest absolute Gasteiger partial charge is 0.320 e. The molecule has 0 amide bonds. The van der Waals surface area contributed by atoms with Crippen molar-refractivity contribution in [1.82, 2.24) is 5.32 Å². The van der Waals surface area contributed by atoms with Crippen molar-refractivity contribution in [2.45, 2.75) is 19.3 Å². The zero-order chi connectivity index (χ0) is 12.0. The van der Waals surface area contributed by atoms with Gasteiger partial charge in [-0.15, -0.1) is 0 Å². The van der Waals surface area contributed by atoms with E-state index >= 15 is 0 Å². The second-order valence-corrected chi connectivity index (χ2v) is 3.66. The van der Waals surface area contributed by atoms with Crippen LogP contribution in [0.5, 0.6) is 0 Å². The van der Waals surface area contributed by atoms with Crippen molar-refractivity contribution in [1.29, 1.82) is 0 Å². The number of benzene rings is 1. The van der Waals surface area contributed by atoms with Crippen LogP contribution in [0, 0.1) is 11.6 Å². The normalized spacial score (nSPS) is 10.4. The van der Waals surface area contributed by atoms with Gasteiger partial charge in [-0.3, -0.25) is 4.79 Å². The fourth-order valence-electron chi connectivity index (χ4n) is 1.43. The van der Waals surface area contributed by atoms with Crippen molar-refractivity contribution >= 4 is 5.78 Å². The van der Waals surface area contributed by atoms with Gasteiger partial charge in [-0.1, -0.05) is 6.07 Å². The maximum absolute atomic E-state index is 13.2. The van der Waals surface area contributed by atoms with E-state index in [0.29, 0.717) is 6.42 Å². The number of carbonyl (C=O) groups is 1. The van der Waals surface area contributed by atoms with Crippen LogP contribution in [-0.4, -0.2) is 19.4 Å². The molecule has 0 unspecified atom stereocenters. The standard InChI is InChI=1S/C12H15F2NO/c1-15-6-2-3-11(16)7-9-4-5-10(13)8-12(9)14/h4-5,8,15H,2-3,6-7H2,1H3. The highest BCUT2D eigenvalue weighted by molar-refractivity contribution is 5.80.